The van der Waals surface area contributed by atoms with Crippen molar-refractivity contribution in [2.24, 2.45) is 0 Å². The Balaban J connectivity index is 1.59. The van der Waals surface area contributed by atoms with Crippen LogP contribution in [0.15, 0.2) is 47.5 Å². The first-order valence-electron chi connectivity index (χ1n) is 8.53. The Morgan fingerprint density at radius 1 is 1.11 bits per heavy atom. The molecule has 1 saturated heterocycles. The zero-order chi connectivity index (χ0) is 20.1. The molecule has 1 fully saturated rings. The fourth-order valence-corrected chi connectivity index (χ4v) is 3.51. The first kappa shape index (κ1) is 19.8. The zero-order valence-corrected chi connectivity index (χ0v) is 15.5. The SMILES string of the molecule is O=C(NNc1ccc(S(=O)(=O)C(F)F)cc1)Nc1cccnc1N1CCCC1. The van der Waals surface area contributed by atoms with Crippen molar-refractivity contribution < 1.29 is 22.0 Å². The third-order valence-electron chi connectivity index (χ3n) is 4.18. The molecule has 2 aromatic rings. The predicted octanol–water partition coefficient (Wildman–Crippen LogP) is 2.83. The van der Waals surface area contributed by atoms with E-state index in [1.165, 1.54) is 12.1 Å². The van der Waals surface area contributed by atoms with E-state index in [4.69, 9.17) is 0 Å². The number of urea groups is 1. The van der Waals surface area contributed by atoms with E-state index in [1.807, 2.05) is 0 Å². The molecule has 3 N–H and O–H groups in total. The summed E-state index contributed by atoms with van der Waals surface area (Å²) in [6.45, 7) is 1.75. The molecule has 0 aliphatic carbocycles. The van der Waals surface area contributed by atoms with E-state index in [9.17, 15) is 22.0 Å². The number of carbonyl (C=O) groups excluding carboxylic acids is 1. The quantitative estimate of drug-likeness (QED) is 0.632. The van der Waals surface area contributed by atoms with E-state index < -0.39 is 26.5 Å². The fraction of sp³-hybridized carbons (Fsp3) is 0.294. The summed E-state index contributed by atoms with van der Waals surface area (Å²) in [5, 5.41) is 2.70. The van der Waals surface area contributed by atoms with Gasteiger partial charge in [0.05, 0.1) is 16.3 Å². The van der Waals surface area contributed by atoms with E-state index in [1.54, 1.807) is 18.3 Å². The highest BCUT2D eigenvalue weighted by Gasteiger charge is 2.26. The number of anilines is 3. The largest absolute Gasteiger partial charge is 0.355 e. The summed E-state index contributed by atoms with van der Waals surface area (Å²) in [4.78, 5) is 18.1. The fourth-order valence-electron chi connectivity index (χ4n) is 2.79. The van der Waals surface area contributed by atoms with Crippen LogP contribution in [0.25, 0.3) is 0 Å². The third kappa shape index (κ3) is 4.47. The van der Waals surface area contributed by atoms with Crippen molar-refractivity contribution in [2.75, 3.05) is 28.7 Å². The summed E-state index contributed by atoms with van der Waals surface area (Å²) < 4.78 is 47.8. The van der Waals surface area contributed by atoms with E-state index in [-0.39, 0.29) is 0 Å². The van der Waals surface area contributed by atoms with Crippen molar-refractivity contribution >= 4 is 33.1 Å². The number of nitrogens with zero attached hydrogens (tertiary/aromatic N) is 2. The van der Waals surface area contributed by atoms with E-state index in [0.29, 0.717) is 17.2 Å². The lowest BCUT2D eigenvalue weighted by atomic mass is 10.3. The smallest absolute Gasteiger partial charge is 0.341 e. The monoisotopic (exact) mass is 411 g/mol. The number of halogens is 2. The van der Waals surface area contributed by atoms with Crippen LogP contribution in [0.4, 0.5) is 30.8 Å². The first-order valence-corrected chi connectivity index (χ1v) is 10.1. The summed E-state index contributed by atoms with van der Waals surface area (Å²) in [6.07, 6.45) is 3.80. The standard InChI is InChI=1S/C17H19F2N5O3S/c18-16(19)28(26,27)13-7-5-12(6-8-13)22-23-17(25)21-14-4-3-9-20-15(14)24-10-1-2-11-24/h3-9,16,22H,1-2,10-11H2,(H2,21,23,25). The molecular weight excluding hydrogens is 392 g/mol. The van der Waals surface area contributed by atoms with Crippen molar-refractivity contribution in [3.05, 3.63) is 42.6 Å². The summed E-state index contributed by atoms with van der Waals surface area (Å²) >= 11 is 0. The Bertz CT molecular complexity index is 932. The minimum Gasteiger partial charge on any atom is -0.355 e. The number of amides is 2. The number of benzene rings is 1. The molecule has 1 aromatic carbocycles. The molecule has 3 rings (SSSR count). The van der Waals surface area contributed by atoms with E-state index in [2.05, 4.69) is 26.1 Å². The molecule has 0 radical (unpaired) electrons. The average Bonchev–Trinajstić information content (AvgIpc) is 3.21. The Labute approximate surface area is 160 Å². The van der Waals surface area contributed by atoms with Gasteiger partial charge in [-0.05, 0) is 49.2 Å². The molecule has 0 atom stereocenters. The number of hydrazine groups is 1. The molecule has 8 nitrogen and oxygen atoms in total. The van der Waals surface area contributed by atoms with Crippen molar-refractivity contribution in [1.29, 1.82) is 0 Å². The van der Waals surface area contributed by atoms with Crippen LogP contribution in [0.1, 0.15) is 12.8 Å². The third-order valence-corrected chi connectivity index (χ3v) is 5.58. The van der Waals surface area contributed by atoms with Crippen molar-refractivity contribution in [3.8, 4) is 0 Å². The van der Waals surface area contributed by atoms with Crippen LogP contribution in [0, 0.1) is 0 Å². The highest BCUT2D eigenvalue weighted by Crippen LogP contribution is 2.26. The van der Waals surface area contributed by atoms with Crippen LogP contribution >= 0.6 is 0 Å². The molecule has 0 bridgehead atoms. The van der Waals surface area contributed by atoms with Gasteiger partial charge in [-0.15, -0.1) is 0 Å². The van der Waals surface area contributed by atoms with Gasteiger partial charge in [0.2, 0.25) is 9.84 Å². The van der Waals surface area contributed by atoms with Gasteiger partial charge in [-0.3, -0.25) is 10.9 Å². The minimum atomic E-state index is -4.65. The lowest BCUT2D eigenvalue weighted by Crippen LogP contribution is -2.34. The zero-order valence-electron chi connectivity index (χ0n) is 14.7. The summed E-state index contributed by atoms with van der Waals surface area (Å²) in [5.41, 5.74) is 5.87. The molecule has 2 heterocycles. The van der Waals surface area contributed by atoms with Crippen LogP contribution in [0.5, 0.6) is 0 Å². The second kappa shape index (κ2) is 8.38. The van der Waals surface area contributed by atoms with Gasteiger partial charge in [-0.25, -0.2) is 18.2 Å². The number of hydrogen-bond acceptors (Lipinski definition) is 6. The van der Waals surface area contributed by atoms with Crippen molar-refractivity contribution in [3.63, 3.8) is 0 Å². The molecule has 2 amide bonds. The topological polar surface area (TPSA) is 103 Å². The molecule has 1 aromatic heterocycles. The molecule has 0 saturated carbocycles. The van der Waals surface area contributed by atoms with Crippen molar-refractivity contribution in [2.45, 2.75) is 23.5 Å². The maximum atomic E-state index is 12.5. The number of aromatic nitrogens is 1. The minimum absolute atomic E-state index is 0.328. The lowest BCUT2D eigenvalue weighted by Gasteiger charge is -2.20. The van der Waals surface area contributed by atoms with Gasteiger partial charge in [0.1, 0.15) is 0 Å². The maximum Gasteiger partial charge on any atom is 0.341 e. The van der Waals surface area contributed by atoms with Crippen LogP contribution in [-0.2, 0) is 9.84 Å². The van der Waals surface area contributed by atoms with Gasteiger partial charge < -0.3 is 10.2 Å². The first-order chi connectivity index (χ1) is 13.4. The number of rotatable bonds is 6. The Morgan fingerprint density at radius 3 is 2.43 bits per heavy atom. The van der Waals surface area contributed by atoms with Crippen LogP contribution in [0.3, 0.4) is 0 Å². The molecule has 11 heteroatoms. The molecule has 150 valence electrons. The molecule has 1 aliphatic rings. The molecule has 28 heavy (non-hydrogen) atoms. The average molecular weight is 411 g/mol. The highest BCUT2D eigenvalue weighted by atomic mass is 32.2. The van der Waals surface area contributed by atoms with Gasteiger partial charge in [0.25, 0.3) is 0 Å². The van der Waals surface area contributed by atoms with E-state index >= 15 is 0 Å². The van der Waals surface area contributed by atoms with Gasteiger partial charge in [0, 0.05) is 19.3 Å². The van der Waals surface area contributed by atoms with Gasteiger partial charge >= 0.3 is 11.8 Å². The number of pyridine rings is 1. The Morgan fingerprint density at radius 2 is 1.79 bits per heavy atom. The van der Waals surface area contributed by atoms with E-state index in [0.717, 1.165) is 38.1 Å². The number of sulfone groups is 1. The normalized spacial score (nSPS) is 14.2. The summed E-state index contributed by atoms with van der Waals surface area (Å²) in [7, 11) is -4.65. The number of carbonyl (C=O) groups is 1. The number of hydrogen-bond donors (Lipinski definition) is 3. The van der Waals surface area contributed by atoms with Gasteiger partial charge in [-0.2, -0.15) is 8.78 Å². The summed E-state index contributed by atoms with van der Waals surface area (Å²) in [6, 6.07) is 7.52. The maximum absolute atomic E-state index is 12.5. The number of alkyl halides is 2. The van der Waals surface area contributed by atoms with Crippen LogP contribution in [0.2, 0.25) is 0 Å². The molecule has 0 spiro atoms. The predicted molar refractivity (Wildman–Crippen MR) is 101 cm³/mol. The Hall–Kier alpha value is -2.95. The van der Waals surface area contributed by atoms with Crippen molar-refractivity contribution in [1.82, 2.24) is 10.4 Å². The van der Waals surface area contributed by atoms with Gasteiger partial charge in [-0.1, -0.05) is 0 Å². The number of nitrogens with one attached hydrogen (secondary N) is 3. The molecular formula is C17H19F2N5O3S. The second-order valence-corrected chi connectivity index (χ2v) is 8.02. The summed E-state index contributed by atoms with van der Waals surface area (Å²) in [5.74, 6) is -2.80. The van der Waals surface area contributed by atoms with Crippen LogP contribution < -0.4 is 21.1 Å². The van der Waals surface area contributed by atoms with Gasteiger partial charge in [0.15, 0.2) is 5.82 Å². The second-order valence-electron chi connectivity index (χ2n) is 6.10. The molecule has 1 aliphatic heterocycles. The van der Waals surface area contributed by atoms with Crippen LogP contribution in [-0.4, -0.2) is 38.3 Å². The molecule has 0 unspecified atom stereocenters. The lowest BCUT2D eigenvalue weighted by molar-refractivity contribution is 0.234. The highest BCUT2D eigenvalue weighted by molar-refractivity contribution is 7.91. The Kier molecular flexibility index (Phi) is 5.93.